The highest BCUT2D eigenvalue weighted by atomic mass is 16.1. The molecule has 140 valence electrons. The van der Waals surface area contributed by atoms with Crippen LogP contribution in [0.25, 0.3) is 10.9 Å². The van der Waals surface area contributed by atoms with Crippen molar-refractivity contribution in [3.63, 3.8) is 0 Å². The van der Waals surface area contributed by atoms with Gasteiger partial charge in [-0.3, -0.25) is 4.79 Å². The van der Waals surface area contributed by atoms with Crippen LogP contribution in [0.1, 0.15) is 21.5 Å². The van der Waals surface area contributed by atoms with Crippen LogP contribution < -0.4 is 10.6 Å². The monoisotopic (exact) mass is 370 g/mol. The molecule has 0 aliphatic heterocycles. The molecule has 4 aromatic rings. The number of H-pyrrole nitrogens is 1. The topological polar surface area (TPSA) is 69.8 Å². The molecular weight excluding hydrogens is 348 g/mol. The van der Waals surface area contributed by atoms with Crippen LogP contribution in [0.3, 0.4) is 0 Å². The fraction of sp³-hybridized carbons (Fsp3) is 0.130. The molecule has 0 unspecified atom stereocenters. The van der Waals surface area contributed by atoms with Crippen LogP contribution in [0.5, 0.6) is 0 Å². The van der Waals surface area contributed by atoms with E-state index in [0.29, 0.717) is 11.4 Å². The van der Waals surface area contributed by atoms with Gasteiger partial charge in [-0.05, 0) is 54.8 Å². The minimum Gasteiger partial charge on any atom is -0.370 e. The number of benzene rings is 2. The van der Waals surface area contributed by atoms with Gasteiger partial charge in [-0.15, -0.1) is 0 Å². The maximum Gasteiger partial charge on any atom is 0.255 e. The van der Waals surface area contributed by atoms with E-state index in [4.69, 9.17) is 0 Å². The van der Waals surface area contributed by atoms with E-state index in [0.717, 1.165) is 29.7 Å². The third-order valence-electron chi connectivity index (χ3n) is 4.67. The minimum absolute atomic E-state index is 0.146. The smallest absolute Gasteiger partial charge is 0.255 e. The average molecular weight is 370 g/mol. The Kier molecular flexibility index (Phi) is 5.06. The third-order valence-corrected chi connectivity index (χ3v) is 4.67. The normalized spacial score (nSPS) is 10.8. The van der Waals surface area contributed by atoms with Crippen LogP contribution in [0.4, 0.5) is 11.5 Å². The molecule has 2 aromatic carbocycles. The van der Waals surface area contributed by atoms with Gasteiger partial charge in [-0.25, -0.2) is 4.98 Å². The molecule has 0 fully saturated rings. The molecule has 0 saturated heterocycles. The van der Waals surface area contributed by atoms with Crippen molar-refractivity contribution in [2.75, 3.05) is 17.2 Å². The quantitative estimate of drug-likeness (QED) is 0.457. The molecule has 5 nitrogen and oxygen atoms in total. The van der Waals surface area contributed by atoms with E-state index in [2.05, 4.69) is 32.7 Å². The molecule has 5 heteroatoms. The maximum atomic E-state index is 12.5. The standard InChI is InChI=1S/C23H22N4O/c1-16-5-4-6-19(13-16)27-23(28)17-9-11-24-22(14-17)25-12-10-18-15-26-21-8-3-2-7-20(18)21/h2-9,11,13-15,26H,10,12H2,1H3,(H,24,25)(H,27,28). The van der Waals surface area contributed by atoms with E-state index >= 15 is 0 Å². The summed E-state index contributed by atoms with van der Waals surface area (Å²) >= 11 is 0. The van der Waals surface area contributed by atoms with Gasteiger partial charge in [0, 0.05) is 41.1 Å². The molecule has 0 aliphatic carbocycles. The lowest BCUT2D eigenvalue weighted by Crippen LogP contribution is -2.13. The van der Waals surface area contributed by atoms with Crippen molar-refractivity contribution in [2.24, 2.45) is 0 Å². The Morgan fingerprint density at radius 1 is 1.07 bits per heavy atom. The largest absolute Gasteiger partial charge is 0.370 e. The zero-order chi connectivity index (χ0) is 19.3. The Balaban J connectivity index is 1.39. The number of rotatable bonds is 6. The Morgan fingerprint density at radius 3 is 2.86 bits per heavy atom. The van der Waals surface area contributed by atoms with Gasteiger partial charge in [0.25, 0.3) is 5.91 Å². The van der Waals surface area contributed by atoms with Gasteiger partial charge in [-0.1, -0.05) is 30.3 Å². The van der Waals surface area contributed by atoms with Crippen LogP contribution in [0.2, 0.25) is 0 Å². The van der Waals surface area contributed by atoms with E-state index in [-0.39, 0.29) is 5.91 Å². The van der Waals surface area contributed by atoms with E-state index in [1.54, 1.807) is 18.3 Å². The van der Waals surface area contributed by atoms with Crippen molar-refractivity contribution in [3.05, 3.63) is 89.7 Å². The zero-order valence-electron chi connectivity index (χ0n) is 15.7. The summed E-state index contributed by atoms with van der Waals surface area (Å²) in [6.07, 6.45) is 4.57. The number of amides is 1. The number of carbonyl (C=O) groups is 1. The number of para-hydroxylation sites is 1. The Bertz CT molecular complexity index is 1120. The number of hydrogen-bond acceptors (Lipinski definition) is 3. The minimum atomic E-state index is -0.146. The average Bonchev–Trinajstić information content (AvgIpc) is 3.11. The lowest BCUT2D eigenvalue weighted by Gasteiger charge is -2.09. The molecule has 1 amide bonds. The van der Waals surface area contributed by atoms with Gasteiger partial charge in [-0.2, -0.15) is 0 Å². The summed E-state index contributed by atoms with van der Waals surface area (Å²) in [5, 5.41) is 7.48. The van der Waals surface area contributed by atoms with Crippen molar-refractivity contribution in [1.82, 2.24) is 9.97 Å². The Hall–Kier alpha value is -3.60. The lowest BCUT2D eigenvalue weighted by atomic mass is 10.1. The fourth-order valence-electron chi connectivity index (χ4n) is 3.26. The summed E-state index contributed by atoms with van der Waals surface area (Å²) in [4.78, 5) is 20.1. The van der Waals surface area contributed by atoms with Gasteiger partial charge < -0.3 is 15.6 Å². The van der Waals surface area contributed by atoms with E-state index in [1.807, 2.05) is 49.5 Å². The molecule has 28 heavy (non-hydrogen) atoms. The van der Waals surface area contributed by atoms with Gasteiger partial charge in [0.15, 0.2) is 0 Å². The van der Waals surface area contributed by atoms with E-state index < -0.39 is 0 Å². The number of anilines is 2. The van der Waals surface area contributed by atoms with E-state index in [1.165, 1.54) is 10.9 Å². The third kappa shape index (κ3) is 4.04. The molecule has 0 bridgehead atoms. The number of carbonyl (C=O) groups excluding carboxylic acids is 1. The molecule has 4 rings (SSSR count). The molecule has 2 heterocycles. The van der Waals surface area contributed by atoms with Gasteiger partial charge in [0.2, 0.25) is 0 Å². The Morgan fingerprint density at radius 2 is 1.96 bits per heavy atom. The first-order chi connectivity index (χ1) is 13.7. The van der Waals surface area contributed by atoms with Gasteiger partial charge >= 0.3 is 0 Å². The number of aryl methyl sites for hydroxylation is 1. The van der Waals surface area contributed by atoms with Crippen LogP contribution in [-0.2, 0) is 6.42 Å². The van der Waals surface area contributed by atoms with E-state index in [9.17, 15) is 4.79 Å². The molecule has 2 aromatic heterocycles. The van der Waals surface area contributed by atoms with Crippen molar-refractivity contribution >= 4 is 28.3 Å². The molecule has 0 aliphatic rings. The van der Waals surface area contributed by atoms with Crippen molar-refractivity contribution < 1.29 is 4.79 Å². The summed E-state index contributed by atoms with van der Waals surface area (Å²) in [6.45, 7) is 2.73. The summed E-state index contributed by atoms with van der Waals surface area (Å²) in [7, 11) is 0. The number of pyridine rings is 1. The van der Waals surface area contributed by atoms with Crippen LogP contribution in [-0.4, -0.2) is 22.4 Å². The van der Waals surface area contributed by atoms with Crippen LogP contribution in [0.15, 0.2) is 73.1 Å². The highest BCUT2D eigenvalue weighted by molar-refractivity contribution is 6.04. The predicted molar refractivity (Wildman–Crippen MR) is 114 cm³/mol. The number of nitrogens with one attached hydrogen (secondary N) is 3. The zero-order valence-corrected chi connectivity index (χ0v) is 15.7. The fourth-order valence-corrected chi connectivity index (χ4v) is 3.26. The molecule has 0 atom stereocenters. The molecular formula is C23H22N4O. The summed E-state index contributed by atoms with van der Waals surface area (Å²) in [6, 6.07) is 19.5. The van der Waals surface area contributed by atoms with Crippen LogP contribution in [0, 0.1) is 6.92 Å². The number of aromatic nitrogens is 2. The maximum absolute atomic E-state index is 12.5. The molecule has 0 saturated carbocycles. The molecule has 0 radical (unpaired) electrons. The Labute approximate surface area is 163 Å². The lowest BCUT2D eigenvalue weighted by molar-refractivity contribution is 0.102. The van der Waals surface area contributed by atoms with Crippen molar-refractivity contribution in [3.8, 4) is 0 Å². The number of nitrogens with zero attached hydrogens (tertiary/aromatic N) is 1. The summed E-state index contributed by atoms with van der Waals surface area (Å²) < 4.78 is 0. The molecule has 0 spiro atoms. The first-order valence-corrected chi connectivity index (χ1v) is 9.32. The summed E-state index contributed by atoms with van der Waals surface area (Å²) in [5.41, 5.74) is 4.87. The molecule has 3 N–H and O–H groups in total. The van der Waals surface area contributed by atoms with Gasteiger partial charge in [0.05, 0.1) is 0 Å². The highest BCUT2D eigenvalue weighted by Gasteiger charge is 2.08. The second-order valence-corrected chi connectivity index (χ2v) is 6.79. The SMILES string of the molecule is Cc1cccc(NC(=O)c2ccnc(NCCc3c[nH]c4ccccc34)c2)c1. The van der Waals surface area contributed by atoms with Crippen molar-refractivity contribution in [2.45, 2.75) is 13.3 Å². The van der Waals surface area contributed by atoms with Gasteiger partial charge in [0.1, 0.15) is 5.82 Å². The second-order valence-electron chi connectivity index (χ2n) is 6.79. The first-order valence-electron chi connectivity index (χ1n) is 9.32. The first kappa shape index (κ1) is 17.8. The van der Waals surface area contributed by atoms with Crippen LogP contribution >= 0.6 is 0 Å². The summed E-state index contributed by atoms with van der Waals surface area (Å²) in [5.74, 6) is 0.546. The highest BCUT2D eigenvalue weighted by Crippen LogP contribution is 2.18. The van der Waals surface area contributed by atoms with Crippen molar-refractivity contribution in [1.29, 1.82) is 0 Å². The number of aromatic amines is 1. The number of hydrogen-bond donors (Lipinski definition) is 3. The predicted octanol–water partition coefficient (Wildman–Crippen LogP) is 4.78. The second kappa shape index (κ2) is 7.96. The number of fused-ring (bicyclic) bond motifs is 1.